The van der Waals surface area contributed by atoms with Crippen molar-refractivity contribution in [3.05, 3.63) is 222 Å². The van der Waals surface area contributed by atoms with E-state index in [9.17, 15) is 0 Å². The number of para-hydroxylation sites is 3. The first-order valence-corrected chi connectivity index (χ1v) is 22.2. The van der Waals surface area contributed by atoms with E-state index in [4.69, 9.17) is 4.42 Å². The number of anilines is 5. The van der Waals surface area contributed by atoms with E-state index in [1.54, 1.807) is 0 Å². The Bertz CT molecular complexity index is 3530. The van der Waals surface area contributed by atoms with Crippen LogP contribution in [0, 0.1) is 0 Å². The highest BCUT2D eigenvalue weighted by atomic mass is 16.3. The Hall–Kier alpha value is -7.56. The fourth-order valence-electron chi connectivity index (χ4n) is 11.9. The van der Waals surface area contributed by atoms with Crippen molar-refractivity contribution < 1.29 is 4.42 Å². The van der Waals surface area contributed by atoms with Crippen LogP contribution in [0.1, 0.15) is 48.6 Å². The summed E-state index contributed by atoms with van der Waals surface area (Å²) in [5.74, 6) is 0. The summed E-state index contributed by atoms with van der Waals surface area (Å²) in [6.07, 6.45) is 0. The first kappa shape index (κ1) is 35.1. The van der Waals surface area contributed by atoms with Crippen LogP contribution in [0.25, 0.3) is 55.3 Å². The van der Waals surface area contributed by atoms with Crippen LogP contribution in [0.4, 0.5) is 28.4 Å². The monoisotopic (exact) mass is 804 g/mol. The maximum absolute atomic E-state index is 7.06. The minimum absolute atomic E-state index is 0.116. The average Bonchev–Trinajstić information content (AvgIpc) is 3.85. The lowest BCUT2D eigenvalue weighted by molar-refractivity contribution is 0.590. The van der Waals surface area contributed by atoms with E-state index in [0.29, 0.717) is 0 Å². The predicted octanol–water partition coefficient (Wildman–Crippen LogP) is 13.9. The van der Waals surface area contributed by atoms with E-state index in [2.05, 4.69) is 225 Å². The molecule has 3 nitrogen and oxygen atoms in total. The molecular formula is C59H41BN2O. The summed E-state index contributed by atoms with van der Waals surface area (Å²) in [4.78, 5) is 5.26. The maximum atomic E-state index is 7.06. The van der Waals surface area contributed by atoms with Crippen molar-refractivity contribution in [2.24, 2.45) is 0 Å². The average molecular weight is 805 g/mol. The Kier molecular flexibility index (Phi) is 6.85. The van der Waals surface area contributed by atoms with E-state index < -0.39 is 5.41 Å². The third-order valence-electron chi connectivity index (χ3n) is 14.6. The molecule has 0 bridgehead atoms. The largest absolute Gasteiger partial charge is 0.454 e. The van der Waals surface area contributed by atoms with Gasteiger partial charge in [-0.15, -0.1) is 0 Å². The van der Waals surface area contributed by atoms with Gasteiger partial charge in [0.1, 0.15) is 5.58 Å². The van der Waals surface area contributed by atoms with Crippen molar-refractivity contribution in [1.82, 2.24) is 0 Å². The number of hydrogen-bond donors (Lipinski definition) is 0. The fraction of sp³-hybridized carbons (Fsp3) is 0.0847. The lowest BCUT2D eigenvalue weighted by Gasteiger charge is -2.51. The summed E-state index contributed by atoms with van der Waals surface area (Å²) in [5, 5.41) is 2.26. The lowest BCUT2D eigenvalue weighted by atomic mass is 9.42. The zero-order valence-corrected chi connectivity index (χ0v) is 35.4. The van der Waals surface area contributed by atoms with Gasteiger partial charge < -0.3 is 14.1 Å². The van der Waals surface area contributed by atoms with Gasteiger partial charge in [-0.3, -0.25) is 0 Å². The Morgan fingerprint density at radius 3 is 1.89 bits per heavy atom. The molecular weight excluding hydrogens is 763 g/mol. The van der Waals surface area contributed by atoms with Crippen LogP contribution in [0.5, 0.6) is 0 Å². The maximum Gasteiger partial charge on any atom is 0.333 e. The van der Waals surface area contributed by atoms with Gasteiger partial charge in [-0.1, -0.05) is 178 Å². The van der Waals surface area contributed by atoms with Gasteiger partial charge in [0.15, 0.2) is 5.58 Å². The van der Waals surface area contributed by atoms with E-state index in [0.717, 1.165) is 33.3 Å². The summed E-state index contributed by atoms with van der Waals surface area (Å²) >= 11 is 0. The van der Waals surface area contributed by atoms with Crippen molar-refractivity contribution in [1.29, 1.82) is 0 Å². The van der Waals surface area contributed by atoms with Gasteiger partial charge in [-0.25, -0.2) is 0 Å². The first-order chi connectivity index (χ1) is 30.9. The zero-order chi connectivity index (χ0) is 41.8. The summed E-state index contributed by atoms with van der Waals surface area (Å²) in [6, 6.07) is 72.7. The van der Waals surface area contributed by atoms with Crippen LogP contribution >= 0.6 is 0 Å². The molecule has 0 fully saturated rings. The summed E-state index contributed by atoms with van der Waals surface area (Å²) < 4.78 is 7.06. The van der Waals surface area contributed by atoms with Crippen molar-refractivity contribution in [3.8, 4) is 33.4 Å². The second-order valence-electron chi connectivity index (χ2n) is 18.8. The first-order valence-electron chi connectivity index (χ1n) is 22.2. The molecule has 4 heteroatoms. The van der Waals surface area contributed by atoms with Gasteiger partial charge in [-0.05, 0) is 108 Å². The van der Waals surface area contributed by atoms with Crippen molar-refractivity contribution in [3.63, 3.8) is 0 Å². The van der Waals surface area contributed by atoms with E-state index >= 15 is 0 Å². The molecule has 0 unspecified atom stereocenters. The molecule has 0 radical (unpaired) electrons. The normalized spacial score (nSPS) is 14.6. The van der Waals surface area contributed by atoms with Crippen LogP contribution in [-0.2, 0) is 10.8 Å². The van der Waals surface area contributed by atoms with E-state index in [1.165, 1.54) is 89.2 Å². The van der Waals surface area contributed by atoms with Gasteiger partial charge in [0, 0.05) is 33.4 Å². The number of furan rings is 1. The van der Waals surface area contributed by atoms with Gasteiger partial charge in [0.2, 0.25) is 0 Å². The van der Waals surface area contributed by atoms with Crippen LogP contribution < -0.4 is 20.6 Å². The van der Waals surface area contributed by atoms with Gasteiger partial charge in [-0.2, -0.15) is 0 Å². The molecule has 3 aliphatic heterocycles. The molecule has 0 amide bonds. The fourth-order valence-corrected chi connectivity index (χ4v) is 11.9. The lowest BCUT2D eigenvalue weighted by Crippen LogP contribution is -2.62. The number of hydrogen-bond acceptors (Lipinski definition) is 3. The molecule has 1 spiro atoms. The van der Waals surface area contributed by atoms with Crippen molar-refractivity contribution in [2.45, 2.75) is 31.6 Å². The molecule has 1 aromatic heterocycles. The van der Waals surface area contributed by atoms with Gasteiger partial charge in [0.05, 0.1) is 16.8 Å². The highest BCUT2D eigenvalue weighted by Gasteiger charge is 2.56. The minimum Gasteiger partial charge on any atom is -0.454 e. The molecule has 296 valence electrons. The van der Waals surface area contributed by atoms with Crippen molar-refractivity contribution >= 4 is 68.1 Å². The molecule has 0 saturated heterocycles. The van der Waals surface area contributed by atoms with Crippen LogP contribution in [0.2, 0.25) is 0 Å². The summed E-state index contributed by atoms with van der Waals surface area (Å²) in [7, 11) is 0. The van der Waals surface area contributed by atoms with E-state index in [1.807, 2.05) is 0 Å². The van der Waals surface area contributed by atoms with Crippen LogP contribution in [-0.4, -0.2) is 6.85 Å². The van der Waals surface area contributed by atoms with Gasteiger partial charge >= 0.3 is 6.85 Å². The third kappa shape index (κ3) is 4.45. The van der Waals surface area contributed by atoms with Crippen LogP contribution in [0.15, 0.2) is 199 Å². The third-order valence-corrected chi connectivity index (χ3v) is 14.6. The molecule has 0 saturated carbocycles. The quantitative estimate of drug-likeness (QED) is 0.162. The Balaban J connectivity index is 1.14. The molecule has 4 heterocycles. The second-order valence-corrected chi connectivity index (χ2v) is 18.8. The summed E-state index contributed by atoms with van der Waals surface area (Å²) in [5.41, 5.74) is 23.8. The molecule has 9 aromatic carbocycles. The molecule has 4 aliphatic rings. The molecule has 10 aromatic rings. The number of benzene rings is 9. The number of rotatable bonds is 2. The minimum atomic E-state index is -0.520. The molecule has 0 atom stereocenters. The predicted molar refractivity (Wildman–Crippen MR) is 262 cm³/mol. The Morgan fingerprint density at radius 1 is 0.476 bits per heavy atom. The number of fused-ring (bicyclic) bond motifs is 17. The SMILES string of the molecule is CC(C)(C)c1cc2c3c(c1)N1c4ccccc4C4(c5ccccc5-c5ccccc54)c4cccc(c41)B3N(c1ccc(-c3ccccc3)cc1)c1c-2ccc2c1oc1ccccc12. The highest BCUT2D eigenvalue weighted by molar-refractivity contribution is 6.94. The molecule has 1 aliphatic carbocycles. The second kappa shape index (κ2) is 12.3. The molecule has 63 heavy (non-hydrogen) atoms. The smallest absolute Gasteiger partial charge is 0.333 e. The Labute approximate surface area is 367 Å². The van der Waals surface area contributed by atoms with E-state index in [-0.39, 0.29) is 12.3 Å². The zero-order valence-electron chi connectivity index (χ0n) is 35.4. The Morgan fingerprint density at radius 2 is 1.13 bits per heavy atom. The summed E-state index contributed by atoms with van der Waals surface area (Å²) in [6.45, 7) is 6.87. The number of nitrogens with zero attached hydrogens (tertiary/aromatic N) is 2. The molecule has 0 N–H and O–H groups in total. The highest BCUT2D eigenvalue weighted by Crippen LogP contribution is 2.64. The van der Waals surface area contributed by atoms with Crippen molar-refractivity contribution in [2.75, 3.05) is 9.71 Å². The van der Waals surface area contributed by atoms with Gasteiger partial charge in [0.25, 0.3) is 0 Å². The molecule has 14 rings (SSSR count). The topological polar surface area (TPSA) is 19.6 Å². The van der Waals surface area contributed by atoms with Crippen LogP contribution in [0.3, 0.4) is 0 Å². The standard InChI is InChI=1S/C59H41BN2O/c1-58(2,3)38-34-45-43-32-33-44-42-20-9-14-27-53(42)63-57(44)55(43)62(39-30-28-37(29-31-39)36-16-5-4-6-17-36)60-50-25-15-24-49-56(50)61(52(35-38)54(45)60)51-26-13-12-23-48(51)59(49)46-21-10-7-18-40(46)41-19-8-11-22-47(41)59/h4-35H,1-3H3.